The number of amides is 1. The van der Waals surface area contributed by atoms with E-state index in [4.69, 9.17) is 0 Å². The molecule has 0 spiro atoms. The van der Waals surface area contributed by atoms with E-state index in [-0.39, 0.29) is 17.5 Å². The van der Waals surface area contributed by atoms with Crippen LogP contribution in [0.2, 0.25) is 0 Å². The standard InChI is InChI=1S/C23H26N4O2/c1-3-27-23(29)20-12-8-7-11-19(20)21(25-27)22(28)24-18-13-14-26(15-18)16(2)17-9-5-4-6-10-17/h4-12,16,18H,3,13-15H2,1-2H3,(H,24,28). The second kappa shape index (κ2) is 8.17. The molecule has 1 N–H and O–H groups in total. The summed E-state index contributed by atoms with van der Waals surface area (Å²) < 4.78 is 1.36. The summed E-state index contributed by atoms with van der Waals surface area (Å²) in [5, 5.41) is 8.61. The Labute approximate surface area is 170 Å². The number of aryl methyl sites for hydroxylation is 1. The SMILES string of the molecule is CCn1nc(C(=O)NC2CCN(C(C)c3ccccc3)C2)c2ccccc2c1=O. The molecule has 6 nitrogen and oxygen atoms in total. The van der Waals surface area contributed by atoms with Crippen LogP contribution in [-0.4, -0.2) is 39.7 Å². The molecule has 0 radical (unpaired) electrons. The number of carbonyl (C=O) groups is 1. The van der Waals surface area contributed by atoms with Crippen molar-refractivity contribution in [2.45, 2.75) is 38.9 Å². The fourth-order valence-electron chi connectivity index (χ4n) is 4.07. The summed E-state index contributed by atoms with van der Waals surface area (Å²) >= 11 is 0. The van der Waals surface area contributed by atoms with Gasteiger partial charge in [0, 0.05) is 37.1 Å². The molecule has 0 aliphatic carbocycles. The Hall–Kier alpha value is -2.99. The Morgan fingerprint density at radius 2 is 1.83 bits per heavy atom. The Kier molecular flexibility index (Phi) is 5.45. The Bertz CT molecular complexity index is 1080. The lowest BCUT2D eigenvalue weighted by Crippen LogP contribution is -2.39. The molecule has 1 saturated heterocycles. The molecule has 3 aromatic rings. The zero-order chi connectivity index (χ0) is 20.4. The van der Waals surface area contributed by atoms with Gasteiger partial charge in [-0.05, 0) is 31.9 Å². The van der Waals surface area contributed by atoms with Crippen LogP contribution in [0.1, 0.15) is 42.4 Å². The van der Waals surface area contributed by atoms with Crippen molar-refractivity contribution in [3.63, 3.8) is 0 Å². The highest BCUT2D eigenvalue weighted by Crippen LogP contribution is 2.24. The molecular weight excluding hydrogens is 364 g/mol. The molecule has 1 aliphatic rings. The van der Waals surface area contributed by atoms with Crippen molar-refractivity contribution in [3.05, 3.63) is 76.2 Å². The van der Waals surface area contributed by atoms with Crippen LogP contribution in [0.5, 0.6) is 0 Å². The predicted molar refractivity (Wildman–Crippen MR) is 114 cm³/mol. The van der Waals surface area contributed by atoms with E-state index >= 15 is 0 Å². The van der Waals surface area contributed by atoms with Gasteiger partial charge in [0.25, 0.3) is 11.5 Å². The number of hydrogen-bond acceptors (Lipinski definition) is 4. The molecule has 1 amide bonds. The van der Waals surface area contributed by atoms with E-state index in [0.29, 0.717) is 29.1 Å². The first kappa shape index (κ1) is 19.3. The lowest BCUT2D eigenvalue weighted by atomic mass is 10.1. The number of benzene rings is 2. The van der Waals surface area contributed by atoms with Gasteiger partial charge in [-0.15, -0.1) is 0 Å². The minimum atomic E-state index is -0.220. The highest BCUT2D eigenvalue weighted by molar-refractivity contribution is 6.04. The van der Waals surface area contributed by atoms with Crippen LogP contribution < -0.4 is 10.9 Å². The normalized spacial score (nSPS) is 18.1. The van der Waals surface area contributed by atoms with Crippen LogP contribution in [-0.2, 0) is 6.54 Å². The van der Waals surface area contributed by atoms with Gasteiger partial charge in [-0.3, -0.25) is 14.5 Å². The van der Waals surface area contributed by atoms with E-state index < -0.39 is 0 Å². The van der Waals surface area contributed by atoms with E-state index in [2.05, 4.69) is 46.5 Å². The van der Waals surface area contributed by atoms with Crippen LogP contribution in [0.3, 0.4) is 0 Å². The van der Waals surface area contributed by atoms with Crippen molar-refractivity contribution < 1.29 is 4.79 Å². The zero-order valence-electron chi connectivity index (χ0n) is 16.8. The first-order valence-corrected chi connectivity index (χ1v) is 10.2. The van der Waals surface area contributed by atoms with E-state index in [1.807, 2.05) is 25.1 Å². The van der Waals surface area contributed by atoms with E-state index in [9.17, 15) is 9.59 Å². The van der Waals surface area contributed by atoms with Gasteiger partial charge in [0.1, 0.15) is 0 Å². The third-order valence-electron chi connectivity index (χ3n) is 5.77. The average molecular weight is 390 g/mol. The van der Waals surface area contributed by atoms with Gasteiger partial charge < -0.3 is 5.32 Å². The van der Waals surface area contributed by atoms with Crippen LogP contribution in [0.25, 0.3) is 10.8 Å². The molecule has 6 heteroatoms. The maximum Gasteiger partial charge on any atom is 0.274 e. The van der Waals surface area contributed by atoms with Crippen molar-refractivity contribution in [1.29, 1.82) is 0 Å². The largest absolute Gasteiger partial charge is 0.347 e. The Morgan fingerprint density at radius 1 is 1.14 bits per heavy atom. The second-order valence-corrected chi connectivity index (χ2v) is 7.56. The monoisotopic (exact) mass is 390 g/mol. The molecule has 2 aromatic carbocycles. The van der Waals surface area contributed by atoms with E-state index in [0.717, 1.165) is 19.5 Å². The van der Waals surface area contributed by atoms with Gasteiger partial charge in [-0.25, -0.2) is 4.68 Å². The number of nitrogens with zero attached hydrogens (tertiary/aromatic N) is 3. The molecule has 2 unspecified atom stereocenters. The molecule has 1 aromatic heterocycles. The van der Waals surface area contributed by atoms with E-state index in [1.54, 1.807) is 12.1 Å². The highest BCUT2D eigenvalue weighted by atomic mass is 16.2. The predicted octanol–water partition coefficient (Wildman–Crippen LogP) is 2.98. The molecule has 0 saturated carbocycles. The smallest absolute Gasteiger partial charge is 0.274 e. The third kappa shape index (κ3) is 3.80. The fraction of sp³-hybridized carbons (Fsp3) is 0.348. The highest BCUT2D eigenvalue weighted by Gasteiger charge is 2.29. The Morgan fingerprint density at radius 3 is 2.55 bits per heavy atom. The molecule has 0 bridgehead atoms. The maximum absolute atomic E-state index is 13.0. The van der Waals surface area contributed by atoms with Gasteiger partial charge >= 0.3 is 0 Å². The maximum atomic E-state index is 13.0. The molecule has 1 aliphatic heterocycles. The number of rotatable bonds is 5. The van der Waals surface area contributed by atoms with E-state index in [1.165, 1.54) is 10.2 Å². The number of hydrogen-bond donors (Lipinski definition) is 1. The topological polar surface area (TPSA) is 67.2 Å². The van der Waals surface area contributed by atoms with Gasteiger partial charge in [-0.1, -0.05) is 48.5 Å². The first-order chi connectivity index (χ1) is 14.1. The molecule has 1 fully saturated rings. The van der Waals surface area contributed by atoms with Crippen molar-refractivity contribution in [3.8, 4) is 0 Å². The number of carbonyl (C=O) groups excluding carboxylic acids is 1. The summed E-state index contributed by atoms with van der Waals surface area (Å²) in [6, 6.07) is 18.0. The third-order valence-corrected chi connectivity index (χ3v) is 5.77. The lowest BCUT2D eigenvalue weighted by Gasteiger charge is -2.24. The summed E-state index contributed by atoms with van der Waals surface area (Å²) in [5.41, 5.74) is 1.43. The quantitative estimate of drug-likeness (QED) is 0.727. The van der Waals surface area contributed by atoms with Crippen molar-refractivity contribution >= 4 is 16.7 Å². The molecule has 4 rings (SSSR count). The number of fused-ring (bicyclic) bond motifs is 1. The molecule has 29 heavy (non-hydrogen) atoms. The molecule has 2 atom stereocenters. The average Bonchev–Trinajstić information content (AvgIpc) is 3.22. The molecule has 2 heterocycles. The minimum absolute atomic E-state index is 0.0660. The number of likely N-dealkylation sites (tertiary alicyclic amines) is 1. The summed E-state index contributed by atoms with van der Waals surface area (Å²) in [6.07, 6.45) is 0.897. The number of aromatic nitrogens is 2. The van der Waals surface area contributed by atoms with Gasteiger partial charge in [0.2, 0.25) is 0 Å². The van der Waals surface area contributed by atoms with Crippen LogP contribution in [0.4, 0.5) is 0 Å². The Balaban J connectivity index is 1.52. The van der Waals surface area contributed by atoms with Crippen molar-refractivity contribution in [1.82, 2.24) is 20.0 Å². The summed E-state index contributed by atoms with van der Waals surface area (Å²) in [7, 11) is 0. The first-order valence-electron chi connectivity index (χ1n) is 10.2. The lowest BCUT2D eigenvalue weighted by molar-refractivity contribution is 0.0931. The number of nitrogens with one attached hydrogen (secondary N) is 1. The summed E-state index contributed by atoms with van der Waals surface area (Å²) in [6.45, 7) is 6.21. The fourth-order valence-corrected chi connectivity index (χ4v) is 4.07. The molecule has 150 valence electrons. The van der Waals surface area contributed by atoms with Crippen molar-refractivity contribution in [2.75, 3.05) is 13.1 Å². The van der Waals surface area contributed by atoms with Crippen molar-refractivity contribution in [2.24, 2.45) is 0 Å². The van der Waals surface area contributed by atoms with Gasteiger partial charge in [0.15, 0.2) is 5.69 Å². The van der Waals surface area contributed by atoms with Gasteiger partial charge in [-0.2, -0.15) is 5.10 Å². The van der Waals surface area contributed by atoms with Crippen LogP contribution >= 0.6 is 0 Å². The van der Waals surface area contributed by atoms with Crippen LogP contribution in [0, 0.1) is 0 Å². The second-order valence-electron chi connectivity index (χ2n) is 7.56. The summed E-state index contributed by atoms with van der Waals surface area (Å²) in [5.74, 6) is -0.220. The van der Waals surface area contributed by atoms with Gasteiger partial charge in [0.05, 0.1) is 5.39 Å². The molecular formula is C23H26N4O2. The minimum Gasteiger partial charge on any atom is -0.347 e. The zero-order valence-corrected chi connectivity index (χ0v) is 16.8. The summed E-state index contributed by atoms with van der Waals surface area (Å²) in [4.78, 5) is 27.9. The van der Waals surface area contributed by atoms with Crippen LogP contribution in [0.15, 0.2) is 59.4 Å².